The van der Waals surface area contributed by atoms with Gasteiger partial charge in [0.05, 0.1) is 0 Å². The van der Waals surface area contributed by atoms with E-state index < -0.39 is 0 Å². The van der Waals surface area contributed by atoms with E-state index in [1.807, 2.05) is 12.1 Å². The quantitative estimate of drug-likeness (QED) is 0.743. The summed E-state index contributed by atoms with van der Waals surface area (Å²) in [5.41, 5.74) is 1.54. The molecule has 0 amide bonds. The van der Waals surface area contributed by atoms with E-state index in [1.165, 1.54) is 31.2 Å². The predicted octanol–water partition coefficient (Wildman–Crippen LogP) is 3.22. The zero-order valence-electron chi connectivity index (χ0n) is 13.4. The lowest BCUT2D eigenvalue weighted by atomic mass is 9.96. The van der Waals surface area contributed by atoms with E-state index in [4.69, 9.17) is 4.74 Å². The molecule has 1 aromatic carbocycles. The van der Waals surface area contributed by atoms with Crippen molar-refractivity contribution in [1.29, 1.82) is 0 Å². The summed E-state index contributed by atoms with van der Waals surface area (Å²) in [6.07, 6.45) is 7.06. The molecule has 0 spiro atoms. The van der Waals surface area contributed by atoms with Crippen LogP contribution in [0, 0.1) is 0 Å². The number of nitrogens with zero attached hydrogens (tertiary/aromatic N) is 1. The first-order valence-corrected chi connectivity index (χ1v) is 7.88. The summed E-state index contributed by atoms with van der Waals surface area (Å²) in [4.78, 5) is 2.40. The predicted molar refractivity (Wildman–Crippen MR) is 88.7 cm³/mol. The Bertz CT molecular complexity index is 450. The van der Waals surface area contributed by atoms with Gasteiger partial charge < -0.3 is 15.0 Å². The highest BCUT2D eigenvalue weighted by atomic mass is 16.5. The van der Waals surface area contributed by atoms with Gasteiger partial charge >= 0.3 is 0 Å². The molecule has 0 aliphatic heterocycles. The third-order valence-corrected chi connectivity index (χ3v) is 4.58. The average Bonchev–Trinajstić information content (AvgIpc) is 2.96. The fraction of sp³-hybridized carbons (Fsp3) is 0.556. The number of rotatable bonds is 8. The van der Waals surface area contributed by atoms with Crippen LogP contribution in [0.1, 0.15) is 31.2 Å². The molecule has 116 valence electrons. The van der Waals surface area contributed by atoms with Gasteiger partial charge in [-0.25, -0.2) is 0 Å². The Hall–Kier alpha value is -1.32. The lowest BCUT2D eigenvalue weighted by molar-refractivity contribution is 0.153. The van der Waals surface area contributed by atoms with Crippen LogP contribution >= 0.6 is 0 Å². The topological polar surface area (TPSA) is 24.5 Å². The summed E-state index contributed by atoms with van der Waals surface area (Å²) in [6, 6.07) is 8.23. The van der Waals surface area contributed by atoms with Crippen LogP contribution in [0.4, 0.5) is 0 Å². The molecule has 0 aromatic heterocycles. The molecule has 1 N–H and O–H groups in total. The molecule has 0 atom stereocenters. The first-order valence-electron chi connectivity index (χ1n) is 7.88. The van der Waals surface area contributed by atoms with Crippen LogP contribution in [0.2, 0.25) is 0 Å². The molecule has 0 bridgehead atoms. The maximum Gasteiger partial charge on any atom is 0.124 e. The van der Waals surface area contributed by atoms with Crippen molar-refractivity contribution in [2.75, 3.05) is 27.2 Å². The summed E-state index contributed by atoms with van der Waals surface area (Å²) in [5, 5.41) is 3.64. The second-order valence-corrected chi connectivity index (χ2v) is 6.14. The van der Waals surface area contributed by atoms with Crippen LogP contribution in [0.25, 0.3) is 0 Å². The fourth-order valence-electron chi connectivity index (χ4n) is 3.18. The summed E-state index contributed by atoms with van der Waals surface area (Å²) < 4.78 is 5.71. The summed E-state index contributed by atoms with van der Waals surface area (Å²) >= 11 is 0. The Kier molecular flexibility index (Phi) is 5.83. The lowest BCUT2D eigenvalue weighted by Gasteiger charge is -2.36. The van der Waals surface area contributed by atoms with Crippen molar-refractivity contribution in [3.05, 3.63) is 42.5 Å². The number of nitrogens with one attached hydrogen (secondary N) is 1. The minimum Gasteiger partial charge on any atom is -0.489 e. The lowest BCUT2D eigenvalue weighted by Crippen LogP contribution is -2.49. The number of likely N-dealkylation sites (N-methyl/N-ethyl adjacent to an activating group) is 1. The minimum absolute atomic E-state index is 0.330. The van der Waals surface area contributed by atoms with Gasteiger partial charge in [-0.15, -0.1) is 0 Å². The van der Waals surface area contributed by atoms with Gasteiger partial charge in [-0.3, -0.25) is 0 Å². The molecule has 0 radical (unpaired) electrons. The van der Waals surface area contributed by atoms with Gasteiger partial charge in [0.15, 0.2) is 0 Å². The second-order valence-electron chi connectivity index (χ2n) is 6.14. The number of ether oxygens (including phenoxy) is 1. The summed E-state index contributed by atoms with van der Waals surface area (Å²) in [7, 11) is 4.41. The molecule has 3 heteroatoms. The van der Waals surface area contributed by atoms with E-state index in [0.717, 1.165) is 18.8 Å². The minimum atomic E-state index is 0.330. The Balaban J connectivity index is 1.92. The van der Waals surface area contributed by atoms with Crippen molar-refractivity contribution in [2.45, 2.75) is 37.8 Å². The monoisotopic (exact) mass is 288 g/mol. The SMILES string of the molecule is C=CCOc1ccccc1CNCC1(N(C)C)CCCC1. The molecule has 1 aromatic rings. The standard InChI is InChI=1S/C18H28N2O/c1-4-13-21-17-10-6-5-9-16(17)14-19-15-18(20(2)3)11-7-8-12-18/h4-6,9-10,19H,1,7-8,11-15H2,2-3H3. The van der Waals surface area contributed by atoms with Crippen molar-refractivity contribution in [2.24, 2.45) is 0 Å². The first kappa shape index (κ1) is 16.1. The molecule has 1 aliphatic rings. The summed E-state index contributed by atoms with van der Waals surface area (Å²) in [6.45, 7) is 6.14. The van der Waals surface area contributed by atoms with Gasteiger partial charge in [0.25, 0.3) is 0 Å². The van der Waals surface area contributed by atoms with Gasteiger partial charge in [-0.1, -0.05) is 43.7 Å². The van der Waals surface area contributed by atoms with Crippen molar-refractivity contribution >= 4 is 0 Å². The smallest absolute Gasteiger partial charge is 0.124 e. The highest BCUT2D eigenvalue weighted by Gasteiger charge is 2.35. The Morgan fingerprint density at radius 1 is 1.29 bits per heavy atom. The third-order valence-electron chi connectivity index (χ3n) is 4.58. The van der Waals surface area contributed by atoms with E-state index in [2.05, 4.69) is 43.0 Å². The van der Waals surface area contributed by atoms with Crippen LogP contribution in [-0.4, -0.2) is 37.7 Å². The van der Waals surface area contributed by atoms with Crippen LogP contribution in [0.15, 0.2) is 36.9 Å². The van der Waals surface area contributed by atoms with Crippen molar-refractivity contribution in [3.8, 4) is 5.75 Å². The van der Waals surface area contributed by atoms with Crippen molar-refractivity contribution in [1.82, 2.24) is 10.2 Å². The molecule has 0 saturated heterocycles. The van der Waals surface area contributed by atoms with E-state index in [0.29, 0.717) is 12.1 Å². The van der Waals surface area contributed by atoms with Crippen LogP contribution < -0.4 is 10.1 Å². The molecular weight excluding hydrogens is 260 g/mol. The van der Waals surface area contributed by atoms with Crippen molar-refractivity contribution < 1.29 is 4.74 Å². The molecule has 21 heavy (non-hydrogen) atoms. The van der Waals surface area contributed by atoms with Gasteiger partial charge in [-0.2, -0.15) is 0 Å². The first-order chi connectivity index (χ1) is 10.2. The number of hydrogen-bond donors (Lipinski definition) is 1. The van der Waals surface area contributed by atoms with Gasteiger partial charge in [-0.05, 0) is 33.0 Å². The summed E-state index contributed by atoms with van der Waals surface area (Å²) in [5.74, 6) is 0.954. The number of para-hydroxylation sites is 1. The van der Waals surface area contributed by atoms with Crippen LogP contribution in [0.5, 0.6) is 5.75 Å². The molecular formula is C18H28N2O. The fourth-order valence-corrected chi connectivity index (χ4v) is 3.18. The van der Waals surface area contributed by atoms with Gasteiger partial charge in [0.2, 0.25) is 0 Å². The van der Waals surface area contributed by atoms with Gasteiger partial charge in [0.1, 0.15) is 12.4 Å². The molecule has 0 unspecified atom stereocenters. The molecule has 2 rings (SSSR count). The highest BCUT2D eigenvalue weighted by Crippen LogP contribution is 2.33. The normalized spacial score (nSPS) is 17.1. The highest BCUT2D eigenvalue weighted by molar-refractivity contribution is 5.33. The maximum atomic E-state index is 5.71. The van der Waals surface area contributed by atoms with Crippen LogP contribution in [-0.2, 0) is 6.54 Å². The van der Waals surface area contributed by atoms with Crippen molar-refractivity contribution in [3.63, 3.8) is 0 Å². The second kappa shape index (κ2) is 7.62. The largest absolute Gasteiger partial charge is 0.489 e. The molecule has 0 heterocycles. The number of hydrogen-bond acceptors (Lipinski definition) is 3. The molecule has 3 nitrogen and oxygen atoms in total. The van der Waals surface area contributed by atoms with Crippen LogP contribution in [0.3, 0.4) is 0 Å². The van der Waals surface area contributed by atoms with E-state index in [1.54, 1.807) is 6.08 Å². The van der Waals surface area contributed by atoms with E-state index in [9.17, 15) is 0 Å². The van der Waals surface area contributed by atoms with E-state index in [-0.39, 0.29) is 0 Å². The number of benzene rings is 1. The molecule has 1 saturated carbocycles. The Morgan fingerprint density at radius 2 is 2.00 bits per heavy atom. The Morgan fingerprint density at radius 3 is 2.67 bits per heavy atom. The zero-order valence-corrected chi connectivity index (χ0v) is 13.4. The van der Waals surface area contributed by atoms with Gasteiger partial charge in [0, 0.05) is 24.2 Å². The average molecular weight is 288 g/mol. The molecule has 1 fully saturated rings. The maximum absolute atomic E-state index is 5.71. The Labute approximate surface area is 129 Å². The zero-order chi connectivity index (χ0) is 15.1. The van der Waals surface area contributed by atoms with E-state index >= 15 is 0 Å². The third kappa shape index (κ3) is 4.08. The molecule has 1 aliphatic carbocycles.